The summed E-state index contributed by atoms with van der Waals surface area (Å²) in [6, 6.07) is 5.26. The van der Waals surface area contributed by atoms with Gasteiger partial charge in [0, 0.05) is 29.2 Å². The first-order valence-electron chi connectivity index (χ1n) is 4.89. The second-order valence-corrected chi connectivity index (χ2v) is 4.55. The molecule has 1 aromatic rings. The molecule has 0 saturated heterocycles. The van der Waals surface area contributed by atoms with Gasteiger partial charge in [-0.25, -0.2) is 4.39 Å². The zero-order valence-corrected chi connectivity index (χ0v) is 11.8. The standard InChI is InChI=1S/C11H16BrFN2.ClH/c1-8(6-14)15(2)7-9-10(12)4-3-5-11(9)13;/h3-5,8H,6-7,14H2,1-2H3;1H. The molecule has 16 heavy (non-hydrogen) atoms. The van der Waals surface area contributed by atoms with E-state index in [1.165, 1.54) is 6.07 Å². The molecule has 1 rings (SSSR count). The maximum Gasteiger partial charge on any atom is 0.128 e. The van der Waals surface area contributed by atoms with Gasteiger partial charge in [-0.05, 0) is 26.1 Å². The number of benzene rings is 1. The molecule has 0 amide bonds. The Bertz CT molecular complexity index is 316. The first kappa shape index (κ1) is 15.8. The Morgan fingerprint density at radius 2 is 2.12 bits per heavy atom. The highest BCUT2D eigenvalue weighted by Crippen LogP contribution is 2.21. The largest absolute Gasteiger partial charge is 0.329 e. The van der Waals surface area contributed by atoms with Gasteiger partial charge in [0.1, 0.15) is 5.82 Å². The van der Waals surface area contributed by atoms with Crippen LogP contribution in [-0.4, -0.2) is 24.5 Å². The van der Waals surface area contributed by atoms with Gasteiger partial charge in [-0.3, -0.25) is 4.90 Å². The van der Waals surface area contributed by atoms with Crippen LogP contribution in [0.25, 0.3) is 0 Å². The van der Waals surface area contributed by atoms with E-state index in [-0.39, 0.29) is 24.3 Å². The molecular formula is C11H17BrClFN2. The molecule has 0 aromatic heterocycles. The Morgan fingerprint density at radius 1 is 1.50 bits per heavy atom. The van der Waals surface area contributed by atoms with Crippen molar-refractivity contribution in [2.45, 2.75) is 19.5 Å². The van der Waals surface area contributed by atoms with Crippen LogP contribution in [0.1, 0.15) is 12.5 Å². The molecule has 0 heterocycles. The van der Waals surface area contributed by atoms with Crippen LogP contribution < -0.4 is 5.73 Å². The van der Waals surface area contributed by atoms with E-state index in [4.69, 9.17) is 5.73 Å². The molecule has 2 N–H and O–H groups in total. The number of nitrogens with two attached hydrogens (primary N) is 1. The molecule has 0 radical (unpaired) electrons. The molecule has 1 atom stereocenters. The zero-order valence-electron chi connectivity index (χ0n) is 9.41. The minimum absolute atomic E-state index is 0. The van der Waals surface area contributed by atoms with E-state index in [9.17, 15) is 4.39 Å². The van der Waals surface area contributed by atoms with E-state index in [0.29, 0.717) is 18.7 Å². The Hall–Kier alpha value is -0.160. The van der Waals surface area contributed by atoms with Crippen molar-refractivity contribution in [2.75, 3.05) is 13.6 Å². The van der Waals surface area contributed by atoms with E-state index in [0.717, 1.165) is 4.47 Å². The van der Waals surface area contributed by atoms with Crippen molar-refractivity contribution in [3.63, 3.8) is 0 Å². The molecule has 0 saturated carbocycles. The number of likely N-dealkylation sites (N-methyl/N-ethyl adjacent to an activating group) is 1. The molecule has 92 valence electrons. The Kier molecular flexibility index (Phi) is 7.15. The van der Waals surface area contributed by atoms with Crippen LogP contribution in [0.4, 0.5) is 4.39 Å². The number of nitrogens with zero attached hydrogens (tertiary/aromatic N) is 1. The van der Waals surface area contributed by atoms with Gasteiger partial charge in [0.15, 0.2) is 0 Å². The lowest BCUT2D eigenvalue weighted by Crippen LogP contribution is -2.35. The average molecular weight is 312 g/mol. The van der Waals surface area contributed by atoms with Crippen LogP contribution in [0.5, 0.6) is 0 Å². The van der Waals surface area contributed by atoms with Crippen molar-refractivity contribution in [1.29, 1.82) is 0 Å². The van der Waals surface area contributed by atoms with E-state index < -0.39 is 0 Å². The van der Waals surface area contributed by atoms with Crippen LogP contribution in [0.2, 0.25) is 0 Å². The lowest BCUT2D eigenvalue weighted by Gasteiger charge is -2.23. The number of rotatable bonds is 4. The van der Waals surface area contributed by atoms with Crippen LogP contribution in [0.3, 0.4) is 0 Å². The van der Waals surface area contributed by atoms with Gasteiger partial charge in [-0.1, -0.05) is 22.0 Å². The fourth-order valence-corrected chi connectivity index (χ4v) is 1.74. The Labute approximate surface area is 111 Å². The van der Waals surface area contributed by atoms with E-state index in [2.05, 4.69) is 15.9 Å². The maximum absolute atomic E-state index is 13.5. The summed E-state index contributed by atoms with van der Waals surface area (Å²) < 4.78 is 14.3. The van der Waals surface area contributed by atoms with E-state index >= 15 is 0 Å². The van der Waals surface area contributed by atoms with Crippen LogP contribution in [0.15, 0.2) is 22.7 Å². The summed E-state index contributed by atoms with van der Waals surface area (Å²) in [5.74, 6) is -0.180. The van der Waals surface area contributed by atoms with Crippen LogP contribution in [-0.2, 0) is 6.54 Å². The smallest absolute Gasteiger partial charge is 0.128 e. The fraction of sp³-hybridized carbons (Fsp3) is 0.455. The van der Waals surface area contributed by atoms with E-state index in [1.807, 2.05) is 24.9 Å². The summed E-state index contributed by atoms with van der Waals surface area (Å²) in [7, 11) is 1.94. The average Bonchev–Trinajstić information content (AvgIpc) is 2.22. The lowest BCUT2D eigenvalue weighted by molar-refractivity contribution is 0.251. The van der Waals surface area contributed by atoms with Crippen molar-refractivity contribution >= 4 is 28.3 Å². The summed E-state index contributed by atoms with van der Waals surface area (Å²) >= 11 is 3.35. The topological polar surface area (TPSA) is 29.3 Å². The number of halogens is 3. The number of hydrogen-bond acceptors (Lipinski definition) is 2. The van der Waals surface area contributed by atoms with Gasteiger partial charge in [-0.2, -0.15) is 0 Å². The zero-order chi connectivity index (χ0) is 11.4. The molecule has 1 unspecified atom stereocenters. The Balaban J connectivity index is 0.00000225. The van der Waals surface area contributed by atoms with Crippen molar-refractivity contribution in [2.24, 2.45) is 5.73 Å². The highest BCUT2D eigenvalue weighted by Gasteiger charge is 2.12. The summed E-state index contributed by atoms with van der Waals surface area (Å²) in [5, 5.41) is 0. The van der Waals surface area contributed by atoms with Crippen LogP contribution in [0, 0.1) is 5.82 Å². The highest BCUT2D eigenvalue weighted by atomic mass is 79.9. The Morgan fingerprint density at radius 3 is 2.62 bits per heavy atom. The number of hydrogen-bond donors (Lipinski definition) is 1. The van der Waals surface area contributed by atoms with Gasteiger partial charge in [0.2, 0.25) is 0 Å². The molecule has 2 nitrogen and oxygen atoms in total. The normalized spacial score (nSPS) is 12.4. The molecule has 0 aliphatic heterocycles. The molecule has 0 bridgehead atoms. The minimum Gasteiger partial charge on any atom is -0.329 e. The third-order valence-corrected chi connectivity index (χ3v) is 3.31. The van der Waals surface area contributed by atoms with Gasteiger partial charge < -0.3 is 5.73 Å². The quantitative estimate of drug-likeness (QED) is 0.926. The van der Waals surface area contributed by atoms with Gasteiger partial charge >= 0.3 is 0 Å². The van der Waals surface area contributed by atoms with Gasteiger partial charge in [0.05, 0.1) is 0 Å². The summed E-state index contributed by atoms with van der Waals surface area (Å²) in [4.78, 5) is 2.03. The summed E-state index contributed by atoms with van der Waals surface area (Å²) in [6.07, 6.45) is 0. The van der Waals surface area contributed by atoms with E-state index in [1.54, 1.807) is 6.07 Å². The van der Waals surface area contributed by atoms with Crippen molar-refractivity contribution < 1.29 is 4.39 Å². The van der Waals surface area contributed by atoms with Gasteiger partial charge in [0.25, 0.3) is 0 Å². The molecular weight excluding hydrogens is 294 g/mol. The third kappa shape index (κ3) is 4.01. The molecule has 0 fully saturated rings. The molecule has 0 spiro atoms. The summed E-state index contributed by atoms with van der Waals surface area (Å²) in [5.41, 5.74) is 6.24. The molecule has 0 aliphatic carbocycles. The first-order valence-corrected chi connectivity index (χ1v) is 5.68. The molecule has 1 aromatic carbocycles. The monoisotopic (exact) mass is 310 g/mol. The van der Waals surface area contributed by atoms with Crippen LogP contribution >= 0.6 is 28.3 Å². The van der Waals surface area contributed by atoms with Crippen molar-refractivity contribution in [1.82, 2.24) is 4.90 Å². The lowest BCUT2D eigenvalue weighted by atomic mass is 10.2. The molecule has 5 heteroatoms. The minimum atomic E-state index is -0.180. The van der Waals surface area contributed by atoms with Crippen molar-refractivity contribution in [3.05, 3.63) is 34.1 Å². The second kappa shape index (κ2) is 7.22. The van der Waals surface area contributed by atoms with Crippen molar-refractivity contribution in [3.8, 4) is 0 Å². The van der Waals surface area contributed by atoms with Gasteiger partial charge in [-0.15, -0.1) is 12.4 Å². The second-order valence-electron chi connectivity index (χ2n) is 3.70. The predicted octanol–water partition coefficient (Wildman–Crippen LogP) is 2.79. The molecule has 0 aliphatic rings. The predicted molar refractivity (Wildman–Crippen MR) is 71.3 cm³/mol. The fourth-order valence-electron chi connectivity index (χ4n) is 1.27. The first-order chi connectivity index (χ1) is 7.06. The summed E-state index contributed by atoms with van der Waals surface area (Å²) in [6.45, 7) is 3.16. The highest BCUT2D eigenvalue weighted by molar-refractivity contribution is 9.10. The maximum atomic E-state index is 13.5. The SMILES string of the molecule is CC(CN)N(C)Cc1c(F)cccc1Br.Cl. The third-order valence-electron chi connectivity index (χ3n) is 2.56.